The summed E-state index contributed by atoms with van der Waals surface area (Å²) in [5.74, 6) is 0.649. The Balaban J connectivity index is 2.14. The summed E-state index contributed by atoms with van der Waals surface area (Å²) in [4.78, 5) is 21.4. The van der Waals surface area contributed by atoms with Crippen LogP contribution in [0.15, 0.2) is 18.3 Å². The van der Waals surface area contributed by atoms with Gasteiger partial charge in [-0.2, -0.15) is 0 Å². The third-order valence-electron chi connectivity index (χ3n) is 4.67. The number of likely N-dealkylation sites (tertiary alicyclic amines) is 1. The smallest absolute Gasteiger partial charge is 0.416 e. The molecule has 1 amide bonds. The Morgan fingerprint density at radius 3 is 2.65 bits per heavy atom. The minimum Gasteiger partial charge on any atom is -0.443 e. The number of anilines is 1. The number of hydrogen-bond acceptors (Lipinski definition) is 4. The number of amides is 1. The predicted octanol–water partition coefficient (Wildman–Crippen LogP) is 5.17. The molecule has 0 bridgehead atoms. The lowest BCUT2D eigenvalue weighted by atomic mass is 10.1. The van der Waals surface area contributed by atoms with Gasteiger partial charge in [-0.3, -0.25) is 9.80 Å². The Morgan fingerprint density at radius 2 is 2.12 bits per heavy atom. The largest absolute Gasteiger partial charge is 0.443 e. The molecule has 26 heavy (non-hydrogen) atoms. The normalized spacial score (nSPS) is 18.3. The van der Waals surface area contributed by atoms with E-state index in [1.165, 1.54) is 37.8 Å². The standard InChI is InChI=1S/C21H35N3O2/c1-7-8-13-23-14-9-10-18(23)17-11-12-19(22-15-17)24(16(2)3)20(25)26-21(4,5)6/h11-12,15-16,18H,7-10,13-14H2,1-6H3/t18-/m0/s1. The van der Waals surface area contributed by atoms with E-state index in [-0.39, 0.29) is 12.1 Å². The van der Waals surface area contributed by atoms with Crippen molar-refractivity contribution in [3.8, 4) is 0 Å². The minimum absolute atomic E-state index is 0.0178. The molecule has 0 spiro atoms. The summed E-state index contributed by atoms with van der Waals surface area (Å²) < 4.78 is 5.55. The van der Waals surface area contributed by atoms with Crippen LogP contribution in [0, 0.1) is 0 Å². The number of carbonyl (C=O) groups excluding carboxylic acids is 1. The zero-order valence-electron chi connectivity index (χ0n) is 17.3. The van der Waals surface area contributed by atoms with Gasteiger partial charge in [0.2, 0.25) is 0 Å². The van der Waals surface area contributed by atoms with E-state index in [0.29, 0.717) is 11.9 Å². The highest BCUT2D eigenvalue weighted by Gasteiger charge is 2.28. The maximum atomic E-state index is 12.6. The van der Waals surface area contributed by atoms with Gasteiger partial charge < -0.3 is 4.74 Å². The van der Waals surface area contributed by atoms with Crippen LogP contribution in [0.4, 0.5) is 10.6 Å². The second-order valence-electron chi connectivity index (χ2n) is 8.44. The molecule has 1 aliphatic heterocycles. The molecule has 1 saturated heterocycles. The van der Waals surface area contributed by atoms with Gasteiger partial charge in [0.1, 0.15) is 11.4 Å². The first-order valence-electron chi connectivity index (χ1n) is 9.95. The molecule has 1 fully saturated rings. The average molecular weight is 362 g/mol. The van der Waals surface area contributed by atoms with Gasteiger partial charge in [0.05, 0.1) is 0 Å². The van der Waals surface area contributed by atoms with Gasteiger partial charge >= 0.3 is 6.09 Å². The SMILES string of the molecule is CCCCN1CCC[C@H]1c1ccc(N(C(=O)OC(C)(C)C)C(C)C)nc1. The molecule has 0 aliphatic carbocycles. The molecule has 146 valence electrons. The highest BCUT2D eigenvalue weighted by molar-refractivity contribution is 5.87. The maximum absolute atomic E-state index is 12.6. The van der Waals surface area contributed by atoms with Gasteiger partial charge in [-0.1, -0.05) is 19.4 Å². The van der Waals surface area contributed by atoms with Gasteiger partial charge in [0.15, 0.2) is 0 Å². The van der Waals surface area contributed by atoms with Crippen LogP contribution < -0.4 is 4.90 Å². The van der Waals surface area contributed by atoms with Crippen molar-refractivity contribution in [3.05, 3.63) is 23.9 Å². The second kappa shape index (κ2) is 8.85. The summed E-state index contributed by atoms with van der Waals surface area (Å²) in [5.41, 5.74) is 0.726. The third kappa shape index (κ3) is 5.44. The van der Waals surface area contributed by atoms with Crippen molar-refractivity contribution < 1.29 is 9.53 Å². The lowest BCUT2D eigenvalue weighted by Gasteiger charge is -2.30. The summed E-state index contributed by atoms with van der Waals surface area (Å²) in [6.45, 7) is 14.1. The van der Waals surface area contributed by atoms with Crippen LogP contribution in [0.5, 0.6) is 0 Å². The lowest BCUT2D eigenvalue weighted by Crippen LogP contribution is -2.41. The molecule has 1 aromatic heterocycles. The van der Waals surface area contributed by atoms with E-state index < -0.39 is 5.60 Å². The monoisotopic (exact) mass is 361 g/mol. The van der Waals surface area contributed by atoms with Gasteiger partial charge in [-0.25, -0.2) is 9.78 Å². The van der Waals surface area contributed by atoms with Crippen molar-refractivity contribution in [1.82, 2.24) is 9.88 Å². The Bertz CT molecular complexity index is 578. The molecule has 0 unspecified atom stereocenters. The maximum Gasteiger partial charge on any atom is 0.416 e. The minimum atomic E-state index is -0.520. The van der Waals surface area contributed by atoms with Crippen molar-refractivity contribution in [2.24, 2.45) is 0 Å². The van der Waals surface area contributed by atoms with E-state index in [0.717, 1.165) is 6.54 Å². The number of hydrogen-bond donors (Lipinski definition) is 0. The number of unbranched alkanes of at least 4 members (excludes halogenated alkanes) is 1. The molecule has 0 radical (unpaired) electrons. The molecular formula is C21H35N3O2. The highest BCUT2D eigenvalue weighted by atomic mass is 16.6. The number of rotatable bonds is 6. The van der Waals surface area contributed by atoms with E-state index in [9.17, 15) is 4.79 Å². The van der Waals surface area contributed by atoms with E-state index in [4.69, 9.17) is 4.74 Å². The van der Waals surface area contributed by atoms with Crippen molar-refractivity contribution in [2.75, 3.05) is 18.0 Å². The summed E-state index contributed by atoms with van der Waals surface area (Å²) in [6.07, 6.45) is 6.47. The zero-order chi connectivity index (χ0) is 19.3. The van der Waals surface area contributed by atoms with Gasteiger partial charge in [0, 0.05) is 18.3 Å². The van der Waals surface area contributed by atoms with E-state index in [1.54, 1.807) is 4.90 Å². The van der Waals surface area contributed by atoms with E-state index in [1.807, 2.05) is 46.9 Å². The Kier molecular flexibility index (Phi) is 7.04. The van der Waals surface area contributed by atoms with Crippen LogP contribution in [0.1, 0.15) is 78.8 Å². The second-order valence-corrected chi connectivity index (χ2v) is 8.44. The molecule has 2 heterocycles. The summed E-state index contributed by atoms with van der Waals surface area (Å²) in [6, 6.07) is 4.51. The molecule has 0 saturated carbocycles. The fourth-order valence-corrected chi connectivity index (χ4v) is 3.45. The molecule has 1 atom stereocenters. The molecule has 5 nitrogen and oxygen atoms in total. The fraction of sp³-hybridized carbons (Fsp3) is 0.714. The van der Waals surface area contributed by atoms with Crippen LogP contribution in [-0.2, 0) is 4.74 Å². The number of ether oxygens (including phenoxy) is 1. The highest BCUT2D eigenvalue weighted by Crippen LogP contribution is 2.32. The van der Waals surface area contributed by atoms with Crippen molar-refractivity contribution in [3.63, 3.8) is 0 Å². The quantitative estimate of drug-likeness (QED) is 0.701. The van der Waals surface area contributed by atoms with Crippen molar-refractivity contribution >= 4 is 11.9 Å². The predicted molar refractivity (Wildman–Crippen MR) is 107 cm³/mol. The first-order chi connectivity index (χ1) is 12.2. The van der Waals surface area contributed by atoms with Crippen LogP contribution >= 0.6 is 0 Å². The fourth-order valence-electron chi connectivity index (χ4n) is 3.45. The first kappa shape index (κ1) is 20.7. The van der Waals surface area contributed by atoms with Crippen molar-refractivity contribution in [1.29, 1.82) is 0 Å². The van der Waals surface area contributed by atoms with Crippen LogP contribution in [0.3, 0.4) is 0 Å². The van der Waals surface area contributed by atoms with E-state index in [2.05, 4.69) is 22.9 Å². The topological polar surface area (TPSA) is 45.7 Å². The number of aromatic nitrogens is 1. The van der Waals surface area contributed by atoms with Gasteiger partial charge in [0.25, 0.3) is 0 Å². The molecule has 5 heteroatoms. The van der Waals surface area contributed by atoms with Crippen LogP contribution in [0.25, 0.3) is 0 Å². The number of pyridine rings is 1. The van der Waals surface area contributed by atoms with Gasteiger partial charge in [-0.15, -0.1) is 0 Å². The molecule has 1 aliphatic rings. The lowest BCUT2D eigenvalue weighted by molar-refractivity contribution is 0.0569. The summed E-state index contributed by atoms with van der Waals surface area (Å²) in [5, 5.41) is 0. The number of carbonyl (C=O) groups is 1. The molecule has 2 rings (SSSR count). The Labute approximate surface area is 158 Å². The zero-order valence-corrected chi connectivity index (χ0v) is 17.3. The van der Waals surface area contributed by atoms with E-state index >= 15 is 0 Å². The molecule has 1 aromatic rings. The number of nitrogens with zero attached hydrogens (tertiary/aromatic N) is 3. The first-order valence-corrected chi connectivity index (χ1v) is 9.95. The third-order valence-corrected chi connectivity index (χ3v) is 4.67. The Hall–Kier alpha value is -1.62. The molecule has 0 N–H and O–H groups in total. The van der Waals surface area contributed by atoms with Gasteiger partial charge in [-0.05, 0) is 78.6 Å². The molecule has 0 aromatic carbocycles. The Morgan fingerprint density at radius 1 is 1.38 bits per heavy atom. The molecular weight excluding hydrogens is 326 g/mol. The van der Waals surface area contributed by atoms with Crippen LogP contribution in [0.2, 0.25) is 0 Å². The van der Waals surface area contributed by atoms with Crippen molar-refractivity contribution in [2.45, 2.75) is 84.9 Å². The average Bonchev–Trinajstić information content (AvgIpc) is 3.00. The van der Waals surface area contributed by atoms with Crippen LogP contribution in [-0.4, -0.2) is 40.7 Å². The summed E-state index contributed by atoms with van der Waals surface area (Å²) in [7, 11) is 0. The summed E-state index contributed by atoms with van der Waals surface area (Å²) >= 11 is 0.